The van der Waals surface area contributed by atoms with E-state index in [1.54, 1.807) is 0 Å². The molecule has 0 amide bonds. The lowest BCUT2D eigenvalue weighted by Gasteiger charge is -1.83. The summed E-state index contributed by atoms with van der Waals surface area (Å²) in [5, 5.41) is 0.500. The molecule has 0 spiro atoms. The highest BCUT2D eigenvalue weighted by atomic mass is 31.0. The Balaban J connectivity index is 0. The van der Waals surface area contributed by atoms with Gasteiger partial charge in [-0.2, -0.15) is 5.12 Å². The molecule has 6 heavy (non-hydrogen) atoms. The second-order valence-corrected chi connectivity index (χ2v) is 0.785. The molecule has 4 heteroatoms. The van der Waals surface area contributed by atoms with Gasteiger partial charge in [-0.3, -0.25) is 0 Å². The number of hydrogen-bond donors (Lipinski definition) is 0. The van der Waals surface area contributed by atoms with Crippen LogP contribution in [-0.2, 0) is 4.57 Å². The van der Waals surface area contributed by atoms with Crippen LogP contribution in [0.15, 0.2) is 0 Å². The summed E-state index contributed by atoms with van der Waals surface area (Å²) in [5.74, 6) is 0. The average molecular weight is 112 g/mol. The fourth-order valence-electron chi connectivity index (χ4n) is 0. The van der Waals surface area contributed by atoms with Crippen LogP contribution in [0.1, 0.15) is 0 Å². The Morgan fingerprint density at radius 1 is 1.50 bits per heavy atom. The van der Waals surface area contributed by atoms with Crippen LogP contribution in [0, 0.1) is 0 Å². The van der Waals surface area contributed by atoms with Crippen LogP contribution < -0.4 is 0 Å². The van der Waals surface area contributed by atoms with Crippen LogP contribution in [0.3, 0.4) is 0 Å². The molecule has 1 unspecified atom stereocenters. The average Bonchev–Trinajstić information content (AvgIpc) is 1.41. The lowest BCUT2D eigenvalue weighted by Crippen LogP contribution is -1.91. The summed E-state index contributed by atoms with van der Waals surface area (Å²) >= 11 is 0. The fraction of sp³-hybridized carbons (Fsp3) is 1.00. The Hall–Kier alpha value is -0.0100. The number of hydrogen-bond acceptors (Lipinski definition) is 2. The molecule has 0 saturated carbocycles. The molecule has 0 aliphatic carbocycles. The second kappa shape index (κ2) is 8.89. The zero-order valence-corrected chi connectivity index (χ0v) is 4.97. The molecule has 0 saturated heterocycles. The zero-order chi connectivity index (χ0) is 5.58. The molecule has 1 atom stereocenters. The summed E-state index contributed by atoms with van der Waals surface area (Å²) in [6.07, 6.45) is 0. The molecule has 0 radical (unpaired) electrons. The van der Waals surface area contributed by atoms with Crippen molar-refractivity contribution in [2.45, 2.75) is 0 Å². The standard InChI is InChI=1S/C2H6FN.H2OP/c1-4(2)3;1-2/h1-2H3;2H2/q;+1. The Morgan fingerprint density at radius 3 is 1.50 bits per heavy atom. The number of halogens is 1. The molecule has 0 aromatic heterocycles. The van der Waals surface area contributed by atoms with E-state index in [4.69, 9.17) is 4.57 Å². The van der Waals surface area contributed by atoms with Gasteiger partial charge in [0, 0.05) is 14.1 Å². The highest BCUT2D eigenvalue weighted by Gasteiger charge is 1.64. The van der Waals surface area contributed by atoms with Crippen molar-refractivity contribution >= 4 is 9.12 Å². The largest absolute Gasteiger partial charge is 0.310 e. The Morgan fingerprint density at radius 2 is 1.50 bits per heavy atom. The van der Waals surface area contributed by atoms with Crippen LogP contribution in [0.4, 0.5) is 4.48 Å². The third kappa shape index (κ3) is 357000. The third-order valence-electron chi connectivity index (χ3n) is 0. The second-order valence-electron chi connectivity index (χ2n) is 0.785. The van der Waals surface area contributed by atoms with E-state index in [2.05, 4.69) is 0 Å². The molecule has 38 valence electrons. The van der Waals surface area contributed by atoms with E-state index in [1.807, 2.05) is 0 Å². The van der Waals surface area contributed by atoms with Gasteiger partial charge in [0.2, 0.25) is 0 Å². The van der Waals surface area contributed by atoms with Gasteiger partial charge in [-0.05, 0) is 0 Å². The number of rotatable bonds is 0. The van der Waals surface area contributed by atoms with Crippen molar-refractivity contribution < 1.29 is 9.05 Å². The minimum atomic E-state index is 0.500. The first-order valence-corrected chi connectivity index (χ1v) is 1.77. The van der Waals surface area contributed by atoms with Crippen LogP contribution in [0.25, 0.3) is 0 Å². The van der Waals surface area contributed by atoms with Gasteiger partial charge in [0.15, 0.2) is 0 Å². The Bertz CT molecular complexity index is 24.8. The molecule has 0 N–H and O–H groups in total. The van der Waals surface area contributed by atoms with E-state index in [0.29, 0.717) is 5.12 Å². The molecule has 0 aliphatic heterocycles. The van der Waals surface area contributed by atoms with Gasteiger partial charge in [0.1, 0.15) is 0 Å². The highest BCUT2D eigenvalue weighted by Crippen LogP contribution is 1.62. The summed E-state index contributed by atoms with van der Waals surface area (Å²) in [7, 11) is 3.83. The Labute approximate surface area is 38.5 Å². The molecule has 0 fully saturated rings. The summed E-state index contributed by atoms with van der Waals surface area (Å²) < 4.78 is 19.0. The topological polar surface area (TPSA) is 20.3 Å². The van der Waals surface area contributed by atoms with Crippen LogP contribution >= 0.6 is 9.12 Å². The summed E-state index contributed by atoms with van der Waals surface area (Å²) in [4.78, 5) is 0. The first kappa shape index (κ1) is 9.37. The third-order valence-corrected chi connectivity index (χ3v) is 0. The molecule has 0 bridgehead atoms. The number of nitrogens with zero attached hydrogens (tertiary/aromatic N) is 1. The highest BCUT2D eigenvalue weighted by molar-refractivity contribution is 7.00. The van der Waals surface area contributed by atoms with Gasteiger partial charge in [-0.25, -0.2) is 0 Å². The summed E-state index contributed by atoms with van der Waals surface area (Å²) in [5.41, 5.74) is 0. The van der Waals surface area contributed by atoms with Gasteiger partial charge in [-0.1, -0.05) is 4.57 Å². The quantitative estimate of drug-likeness (QED) is 0.338. The van der Waals surface area contributed by atoms with Crippen LogP contribution in [0.2, 0.25) is 0 Å². The van der Waals surface area contributed by atoms with Crippen molar-refractivity contribution in [2.24, 2.45) is 0 Å². The fourth-order valence-corrected chi connectivity index (χ4v) is 0. The maximum Gasteiger partial charge on any atom is 0.310 e. The van der Waals surface area contributed by atoms with E-state index in [9.17, 15) is 4.48 Å². The van der Waals surface area contributed by atoms with E-state index >= 15 is 0 Å². The molecule has 2 nitrogen and oxygen atoms in total. The minimum absolute atomic E-state index is 0.500. The van der Waals surface area contributed by atoms with E-state index < -0.39 is 0 Å². The molecular weight excluding hydrogens is 104 g/mol. The molecule has 0 aromatic rings. The Kier molecular flexibility index (Phi) is 13.9. The van der Waals surface area contributed by atoms with Crippen molar-refractivity contribution in [3.63, 3.8) is 0 Å². The van der Waals surface area contributed by atoms with Crippen molar-refractivity contribution in [3.05, 3.63) is 0 Å². The van der Waals surface area contributed by atoms with Gasteiger partial charge < -0.3 is 0 Å². The van der Waals surface area contributed by atoms with Gasteiger partial charge in [-0.15, -0.1) is 4.48 Å². The maximum atomic E-state index is 10.8. The van der Waals surface area contributed by atoms with Gasteiger partial charge >= 0.3 is 9.12 Å². The zero-order valence-electron chi connectivity index (χ0n) is 3.81. The van der Waals surface area contributed by atoms with Gasteiger partial charge in [0.25, 0.3) is 0 Å². The maximum absolute atomic E-state index is 10.8. The predicted octanol–water partition coefficient (Wildman–Crippen LogP) is 0.639. The van der Waals surface area contributed by atoms with Crippen LogP contribution in [0.5, 0.6) is 0 Å². The molecule has 0 aliphatic rings. The molecule has 0 aromatic carbocycles. The monoisotopic (exact) mass is 112 g/mol. The van der Waals surface area contributed by atoms with E-state index in [1.165, 1.54) is 23.2 Å². The summed E-state index contributed by atoms with van der Waals surface area (Å²) in [6.45, 7) is 0. The smallest absolute Gasteiger partial charge is 0.153 e. The molecule has 0 heterocycles. The van der Waals surface area contributed by atoms with Crippen molar-refractivity contribution in [2.75, 3.05) is 14.1 Å². The lowest BCUT2D eigenvalue weighted by atomic mass is 11.3. The van der Waals surface area contributed by atoms with Crippen molar-refractivity contribution in [1.82, 2.24) is 5.12 Å². The van der Waals surface area contributed by atoms with Crippen molar-refractivity contribution in [1.29, 1.82) is 0 Å². The first-order valence-electron chi connectivity index (χ1n) is 1.30. The van der Waals surface area contributed by atoms with Crippen molar-refractivity contribution in [3.8, 4) is 0 Å². The van der Waals surface area contributed by atoms with E-state index in [0.717, 1.165) is 0 Å². The normalized spacial score (nSPS) is 6.67. The first-order chi connectivity index (χ1) is 2.73. The minimum Gasteiger partial charge on any atom is -0.153 e. The lowest BCUT2D eigenvalue weighted by molar-refractivity contribution is 0.0977. The van der Waals surface area contributed by atoms with Crippen LogP contribution in [-0.4, -0.2) is 19.2 Å². The van der Waals surface area contributed by atoms with E-state index in [-0.39, 0.29) is 0 Å². The SMILES string of the molecule is CN(C)F.O=[PH2+]. The molecule has 0 rings (SSSR count). The predicted molar refractivity (Wildman–Crippen MR) is 25.2 cm³/mol. The summed E-state index contributed by atoms with van der Waals surface area (Å²) in [6, 6.07) is 0. The van der Waals surface area contributed by atoms with Gasteiger partial charge in [0.05, 0.1) is 0 Å². The molecular formula is C2H8FNOP+.